The number of carbonyl (C=O) groups is 3. The monoisotopic (exact) mass is 390 g/mol. The van der Waals surface area contributed by atoms with Crippen LogP contribution in [0.3, 0.4) is 0 Å². The Morgan fingerprint density at radius 3 is 1.86 bits per heavy atom. The summed E-state index contributed by atoms with van der Waals surface area (Å²) in [6.07, 6.45) is 1.22. The Morgan fingerprint density at radius 1 is 0.862 bits per heavy atom. The molecule has 0 radical (unpaired) electrons. The van der Waals surface area contributed by atoms with E-state index < -0.39 is 0 Å². The zero-order chi connectivity index (χ0) is 20.8. The lowest BCUT2D eigenvalue weighted by Crippen LogP contribution is -2.48. The molecule has 0 aromatic heterocycles. The molecule has 5 heteroatoms. The fourth-order valence-electron chi connectivity index (χ4n) is 4.16. The number of carbonyl (C=O) groups excluding carboxylic acids is 3. The molecule has 2 aromatic carbocycles. The molecule has 0 unspecified atom stereocenters. The predicted molar refractivity (Wildman–Crippen MR) is 111 cm³/mol. The fraction of sp³-hybridized carbons (Fsp3) is 0.375. The van der Waals surface area contributed by atoms with Crippen molar-refractivity contribution in [1.29, 1.82) is 0 Å². The number of likely N-dealkylation sites (tertiary alicyclic amines) is 1. The first-order valence-electron chi connectivity index (χ1n) is 10.1. The second-order valence-corrected chi connectivity index (χ2v) is 8.88. The molecule has 1 saturated heterocycles. The molecule has 2 aliphatic rings. The van der Waals surface area contributed by atoms with Gasteiger partial charge in [0, 0.05) is 24.7 Å². The number of benzene rings is 2. The Kier molecular flexibility index (Phi) is 4.77. The lowest BCUT2D eigenvalue weighted by Gasteiger charge is -2.35. The summed E-state index contributed by atoms with van der Waals surface area (Å²) in [5.41, 5.74) is 2.88. The van der Waals surface area contributed by atoms with Crippen molar-refractivity contribution < 1.29 is 14.4 Å². The van der Waals surface area contributed by atoms with Crippen LogP contribution in [0.4, 0.5) is 0 Å². The van der Waals surface area contributed by atoms with E-state index in [2.05, 4.69) is 20.8 Å². The molecule has 0 aliphatic carbocycles. The molecule has 0 saturated carbocycles. The summed E-state index contributed by atoms with van der Waals surface area (Å²) in [6.45, 7) is 7.52. The Balaban J connectivity index is 1.42. The van der Waals surface area contributed by atoms with Crippen LogP contribution in [0.1, 0.15) is 70.3 Å². The van der Waals surface area contributed by atoms with Gasteiger partial charge in [-0.3, -0.25) is 19.3 Å². The molecular formula is C24H26N2O3. The number of rotatable bonds is 2. The van der Waals surface area contributed by atoms with Crippen molar-refractivity contribution >= 4 is 17.7 Å². The highest BCUT2D eigenvalue weighted by molar-refractivity contribution is 6.21. The first-order valence-corrected chi connectivity index (χ1v) is 10.1. The highest BCUT2D eigenvalue weighted by Crippen LogP contribution is 2.29. The largest absolute Gasteiger partial charge is 0.338 e. The van der Waals surface area contributed by atoms with Crippen molar-refractivity contribution in [2.24, 2.45) is 0 Å². The molecule has 0 atom stereocenters. The lowest BCUT2D eigenvalue weighted by atomic mass is 9.86. The Morgan fingerprint density at radius 2 is 1.38 bits per heavy atom. The first-order chi connectivity index (χ1) is 13.8. The smallest absolute Gasteiger partial charge is 0.261 e. The van der Waals surface area contributed by atoms with Gasteiger partial charge in [0.15, 0.2) is 0 Å². The van der Waals surface area contributed by atoms with Crippen molar-refractivity contribution in [2.75, 3.05) is 13.1 Å². The summed E-state index contributed by atoms with van der Waals surface area (Å²) >= 11 is 0. The fourth-order valence-corrected chi connectivity index (χ4v) is 4.16. The molecule has 29 heavy (non-hydrogen) atoms. The first kappa shape index (κ1) is 19.4. The minimum atomic E-state index is -0.215. The molecule has 0 spiro atoms. The summed E-state index contributed by atoms with van der Waals surface area (Å²) in [5, 5.41) is 0. The van der Waals surface area contributed by atoms with Gasteiger partial charge in [0.25, 0.3) is 17.7 Å². The van der Waals surface area contributed by atoms with Gasteiger partial charge in [-0.15, -0.1) is 0 Å². The van der Waals surface area contributed by atoms with Crippen molar-refractivity contribution in [3.05, 3.63) is 70.8 Å². The van der Waals surface area contributed by atoms with Crippen LogP contribution in [0.25, 0.3) is 0 Å². The van der Waals surface area contributed by atoms with Crippen LogP contribution in [-0.2, 0) is 5.41 Å². The zero-order valence-electron chi connectivity index (χ0n) is 17.1. The molecule has 0 N–H and O–H groups in total. The molecule has 3 amide bonds. The van der Waals surface area contributed by atoms with E-state index in [1.165, 1.54) is 10.5 Å². The topological polar surface area (TPSA) is 57.7 Å². The highest BCUT2D eigenvalue weighted by atomic mass is 16.2. The van der Waals surface area contributed by atoms with Crippen molar-refractivity contribution in [3.8, 4) is 0 Å². The molecule has 0 bridgehead atoms. The van der Waals surface area contributed by atoms with Gasteiger partial charge in [-0.2, -0.15) is 0 Å². The Bertz CT molecular complexity index is 929. The third-order valence-corrected chi connectivity index (χ3v) is 5.94. The molecule has 150 valence electrons. The third kappa shape index (κ3) is 3.46. The van der Waals surface area contributed by atoms with Crippen LogP contribution in [0.2, 0.25) is 0 Å². The maximum absolute atomic E-state index is 12.9. The maximum atomic E-state index is 12.9. The van der Waals surface area contributed by atoms with E-state index in [-0.39, 0.29) is 29.2 Å². The quantitative estimate of drug-likeness (QED) is 0.731. The second-order valence-electron chi connectivity index (χ2n) is 8.88. The summed E-state index contributed by atoms with van der Waals surface area (Å²) < 4.78 is 0. The van der Waals surface area contributed by atoms with E-state index in [9.17, 15) is 14.4 Å². The van der Waals surface area contributed by atoms with Crippen LogP contribution < -0.4 is 0 Å². The average molecular weight is 390 g/mol. The molecule has 1 fully saturated rings. The van der Waals surface area contributed by atoms with Crippen LogP contribution in [-0.4, -0.2) is 46.7 Å². The standard InChI is InChI=1S/C24H26N2O3/c1-24(2,3)17-10-8-16(9-11-17)21(27)25-14-12-18(13-15-25)26-22(28)19-6-4-5-7-20(19)23(26)29/h4-11,18H,12-15H2,1-3H3. The second kappa shape index (κ2) is 7.14. The van der Waals surface area contributed by atoms with Gasteiger partial charge >= 0.3 is 0 Å². The van der Waals surface area contributed by atoms with Crippen LogP contribution in [0.15, 0.2) is 48.5 Å². The minimum absolute atomic E-state index is 0.00581. The van der Waals surface area contributed by atoms with E-state index in [0.717, 1.165) is 0 Å². The van der Waals surface area contributed by atoms with Crippen molar-refractivity contribution in [2.45, 2.75) is 45.1 Å². The van der Waals surface area contributed by atoms with Gasteiger partial charge in [0.2, 0.25) is 0 Å². The lowest BCUT2D eigenvalue weighted by molar-refractivity contribution is 0.0479. The van der Waals surface area contributed by atoms with Crippen molar-refractivity contribution in [1.82, 2.24) is 9.80 Å². The predicted octanol–water partition coefficient (Wildman–Crippen LogP) is 3.88. The number of fused-ring (bicyclic) bond motifs is 1. The maximum Gasteiger partial charge on any atom is 0.261 e. The van der Waals surface area contributed by atoms with E-state index in [4.69, 9.17) is 0 Å². The molecule has 2 aliphatic heterocycles. The van der Waals surface area contributed by atoms with E-state index >= 15 is 0 Å². The summed E-state index contributed by atoms with van der Waals surface area (Å²) in [6, 6.07) is 14.6. The van der Waals surface area contributed by atoms with E-state index in [1.807, 2.05) is 29.2 Å². The summed E-state index contributed by atoms with van der Waals surface area (Å²) in [4.78, 5) is 41.4. The molecule has 2 heterocycles. The molecule has 4 rings (SSSR count). The number of hydrogen-bond donors (Lipinski definition) is 0. The molecular weight excluding hydrogens is 364 g/mol. The Hall–Kier alpha value is -2.95. The minimum Gasteiger partial charge on any atom is -0.338 e. The zero-order valence-corrected chi connectivity index (χ0v) is 17.1. The third-order valence-electron chi connectivity index (χ3n) is 5.94. The normalized spacial score (nSPS) is 17.6. The highest BCUT2D eigenvalue weighted by Gasteiger charge is 2.41. The molecule has 2 aromatic rings. The van der Waals surface area contributed by atoms with Crippen LogP contribution in [0, 0.1) is 0 Å². The number of nitrogens with zero attached hydrogens (tertiary/aromatic N) is 2. The average Bonchev–Trinajstić information content (AvgIpc) is 2.98. The van der Waals surface area contributed by atoms with Crippen molar-refractivity contribution in [3.63, 3.8) is 0 Å². The van der Waals surface area contributed by atoms with Crippen LogP contribution in [0.5, 0.6) is 0 Å². The summed E-state index contributed by atoms with van der Waals surface area (Å²) in [5.74, 6) is -0.424. The van der Waals surface area contributed by atoms with E-state index in [1.54, 1.807) is 24.3 Å². The summed E-state index contributed by atoms with van der Waals surface area (Å²) in [7, 11) is 0. The number of hydrogen-bond acceptors (Lipinski definition) is 3. The van der Waals surface area contributed by atoms with Gasteiger partial charge in [-0.1, -0.05) is 45.0 Å². The number of imide groups is 1. The van der Waals surface area contributed by atoms with Gasteiger partial charge in [-0.05, 0) is 48.1 Å². The van der Waals surface area contributed by atoms with Crippen LogP contribution >= 0.6 is 0 Å². The van der Waals surface area contributed by atoms with Gasteiger partial charge in [0.05, 0.1) is 11.1 Å². The van der Waals surface area contributed by atoms with Gasteiger partial charge < -0.3 is 4.90 Å². The van der Waals surface area contributed by atoms with Gasteiger partial charge in [0.1, 0.15) is 0 Å². The number of amides is 3. The van der Waals surface area contributed by atoms with Gasteiger partial charge in [-0.25, -0.2) is 0 Å². The number of piperidine rings is 1. The Labute approximate surface area is 171 Å². The molecule has 5 nitrogen and oxygen atoms in total. The SMILES string of the molecule is CC(C)(C)c1ccc(C(=O)N2CCC(N3C(=O)c4ccccc4C3=O)CC2)cc1. The van der Waals surface area contributed by atoms with E-state index in [0.29, 0.717) is 42.6 Å².